The standard InChI is InChI=1S/C21H22O3/c1-14-7-10-19(15(2)11-14)21(23)24-13-20(22)18-9-8-16-5-3-4-6-17(16)12-18/h7-12H,3-6,13H2,1-2H3. The molecule has 3 heteroatoms. The summed E-state index contributed by atoms with van der Waals surface area (Å²) in [5.74, 6) is -0.597. The normalized spacial score (nSPS) is 13.2. The molecule has 3 nitrogen and oxygen atoms in total. The third-order valence-electron chi connectivity index (χ3n) is 4.61. The van der Waals surface area contributed by atoms with E-state index in [1.54, 1.807) is 6.07 Å². The Labute approximate surface area is 142 Å². The highest BCUT2D eigenvalue weighted by atomic mass is 16.5. The second kappa shape index (κ2) is 7.00. The molecule has 3 rings (SSSR count). The minimum atomic E-state index is -0.446. The number of fused-ring (bicyclic) bond motifs is 1. The van der Waals surface area contributed by atoms with E-state index in [0.29, 0.717) is 11.1 Å². The summed E-state index contributed by atoms with van der Waals surface area (Å²) in [7, 11) is 0. The highest BCUT2D eigenvalue weighted by Crippen LogP contribution is 2.22. The van der Waals surface area contributed by atoms with Gasteiger partial charge in [0.2, 0.25) is 0 Å². The van der Waals surface area contributed by atoms with Crippen LogP contribution in [0.15, 0.2) is 36.4 Å². The first kappa shape index (κ1) is 16.4. The fraction of sp³-hybridized carbons (Fsp3) is 0.333. The molecule has 0 bridgehead atoms. The molecular weight excluding hydrogens is 300 g/mol. The third-order valence-corrected chi connectivity index (χ3v) is 4.61. The predicted octanol–water partition coefficient (Wildman–Crippen LogP) is 4.22. The summed E-state index contributed by atoms with van der Waals surface area (Å²) < 4.78 is 5.22. The van der Waals surface area contributed by atoms with Gasteiger partial charge in [-0.15, -0.1) is 0 Å². The smallest absolute Gasteiger partial charge is 0.338 e. The first-order valence-corrected chi connectivity index (χ1v) is 8.44. The highest BCUT2D eigenvalue weighted by Gasteiger charge is 2.16. The molecule has 0 N–H and O–H groups in total. The van der Waals surface area contributed by atoms with Crippen LogP contribution in [0.1, 0.15) is 55.8 Å². The molecule has 0 radical (unpaired) electrons. The van der Waals surface area contributed by atoms with Crippen molar-refractivity contribution < 1.29 is 14.3 Å². The molecule has 0 saturated heterocycles. The van der Waals surface area contributed by atoms with Gasteiger partial charge in [-0.25, -0.2) is 4.79 Å². The van der Waals surface area contributed by atoms with Crippen LogP contribution in [-0.4, -0.2) is 18.4 Å². The van der Waals surface area contributed by atoms with Gasteiger partial charge in [-0.2, -0.15) is 0 Å². The largest absolute Gasteiger partial charge is 0.454 e. The third kappa shape index (κ3) is 3.56. The van der Waals surface area contributed by atoms with Gasteiger partial charge in [0.1, 0.15) is 0 Å². The summed E-state index contributed by atoms with van der Waals surface area (Å²) >= 11 is 0. The van der Waals surface area contributed by atoms with E-state index in [2.05, 4.69) is 0 Å². The van der Waals surface area contributed by atoms with Gasteiger partial charge in [0.15, 0.2) is 12.4 Å². The SMILES string of the molecule is Cc1ccc(C(=O)OCC(=O)c2ccc3c(c2)CCCC3)c(C)c1. The number of esters is 1. The number of hydrogen-bond acceptors (Lipinski definition) is 3. The van der Waals surface area contributed by atoms with Gasteiger partial charge in [-0.3, -0.25) is 4.79 Å². The molecule has 0 atom stereocenters. The van der Waals surface area contributed by atoms with Crippen LogP contribution in [0.2, 0.25) is 0 Å². The van der Waals surface area contributed by atoms with Gasteiger partial charge in [-0.1, -0.05) is 29.8 Å². The molecule has 2 aromatic carbocycles. The summed E-state index contributed by atoms with van der Waals surface area (Å²) in [6.45, 7) is 3.63. The van der Waals surface area contributed by atoms with E-state index in [0.717, 1.165) is 24.0 Å². The fourth-order valence-corrected chi connectivity index (χ4v) is 3.24. The highest BCUT2D eigenvalue weighted by molar-refractivity contribution is 5.99. The lowest BCUT2D eigenvalue weighted by molar-refractivity contribution is 0.0474. The zero-order valence-electron chi connectivity index (χ0n) is 14.2. The summed E-state index contributed by atoms with van der Waals surface area (Å²) in [4.78, 5) is 24.5. The Morgan fingerprint density at radius 3 is 2.46 bits per heavy atom. The first-order valence-electron chi connectivity index (χ1n) is 8.44. The summed E-state index contributed by atoms with van der Waals surface area (Å²) in [5.41, 5.74) is 5.69. The molecular formula is C21H22O3. The average Bonchev–Trinajstić information content (AvgIpc) is 2.59. The van der Waals surface area contributed by atoms with Crippen LogP contribution in [0.4, 0.5) is 0 Å². The van der Waals surface area contributed by atoms with Gasteiger partial charge >= 0.3 is 5.97 Å². The van der Waals surface area contributed by atoms with Gasteiger partial charge in [0.05, 0.1) is 5.56 Å². The van der Waals surface area contributed by atoms with Crippen molar-refractivity contribution in [2.45, 2.75) is 39.5 Å². The molecule has 0 spiro atoms. The quantitative estimate of drug-likeness (QED) is 0.625. The van der Waals surface area contributed by atoms with Crippen LogP contribution in [0.3, 0.4) is 0 Å². The van der Waals surface area contributed by atoms with Gasteiger partial charge in [0.25, 0.3) is 0 Å². The van der Waals surface area contributed by atoms with Crippen LogP contribution in [0.25, 0.3) is 0 Å². The molecule has 0 heterocycles. The van der Waals surface area contributed by atoms with E-state index < -0.39 is 5.97 Å². The summed E-state index contributed by atoms with van der Waals surface area (Å²) in [6, 6.07) is 11.4. The minimum Gasteiger partial charge on any atom is -0.454 e. The number of carbonyl (C=O) groups is 2. The number of benzene rings is 2. The minimum absolute atomic E-state index is 0.151. The van der Waals surface area contributed by atoms with Crippen LogP contribution in [0.5, 0.6) is 0 Å². The number of aryl methyl sites for hydroxylation is 4. The van der Waals surface area contributed by atoms with E-state index in [9.17, 15) is 9.59 Å². The topological polar surface area (TPSA) is 43.4 Å². The van der Waals surface area contributed by atoms with Crippen LogP contribution in [0, 0.1) is 13.8 Å². The Balaban J connectivity index is 1.66. The molecule has 2 aromatic rings. The second-order valence-corrected chi connectivity index (χ2v) is 6.51. The van der Waals surface area contributed by atoms with E-state index >= 15 is 0 Å². The maximum absolute atomic E-state index is 12.3. The molecule has 0 unspecified atom stereocenters. The van der Waals surface area contributed by atoms with Crippen molar-refractivity contribution in [2.75, 3.05) is 6.61 Å². The molecule has 0 amide bonds. The lowest BCUT2D eigenvalue weighted by Gasteiger charge is -2.16. The Hall–Kier alpha value is -2.42. The number of carbonyl (C=O) groups excluding carboxylic acids is 2. The van der Waals surface area contributed by atoms with Gasteiger partial charge in [-0.05, 0) is 68.4 Å². The van der Waals surface area contributed by atoms with E-state index in [4.69, 9.17) is 4.74 Å². The maximum atomic E-state index is 12.3. The van der Waals surface area contributed by atoms with Crippen molar-refractivity contribution in [2.24, 2.45) is 0 Å². The van der Waals surface area contributed by atoms with Crippen molar-refractivity contribution in [3.63, 3.8) is 0 Å². The van der Waals surface area contributed by atoms with Crippen LogP contribution in [-0.2, 0) is 17.6 Å². The van der Waals surface area contributed by atoms with Crippen LogP contribution < -0.4 is 0 Å². The molecule has 0 fully saturated rings. The Bertz CT molecular complexity index is 790. The molecule has 1 aliphatic rings. The van der Waals surface area contributed by atoms with E-state index in [-0.39, 0.29) is 12.4 Å². The lowest BCUT2D eigenvalue weighted by Crippen LogP contribution is -2.16. The van der Waals surface area contributed by atoms with Crippen molar-refractivity contribution in [1.82, 2.24) is 0 Å². The molecule has 0 saturated carbocycles. The first-order chi connectivity index (χ1) is 11.5. The molecule has 124 valence electrons. The molecule has 1 aliphatic carbocycles. The second-order valence-electron chi connectivity index (χ2n) is 6.51. The zero-order valence-corrected chi connectivity index (χ0v) is 14.2. The Morgan fingerprint density at radius 1 is 0.958 bits per heavy atom. The molecule has 24 heavy (non-hydrogen) atoms. The number of ketones is 1. The number of Topliss-reactive ketones (excluding diaryl/α,β-unsaturated/α-hetero) is 1. The maximum Gasteiger partial charge on any atom is 0.338 e. The zero-order chi connectivity index (χ0) is 17.1. The van der Waals surface area contributed by atoms with Gasteiger partial charge in [0, 0.05) is 5.56 Å². The van der Waals surface area contributed by atoms with Crippen molar-refractivity contribution in [1.29, 1.82) is 0 Å². The fourth-order valence-electron chi connectivity index (χ4n) is 3.24. The Kier molecular flexibility index (Phi) is 4.79. The van der Waals surface area contributed by atoms with Crippen molar-refractivity contribution >= 4 is 11.8 Å². The Morgan fingerprint density at radius 2 is 1.71 bits per heavy atom. The van der Waals surface area contributed by atoms with Gasteiger partial charge < -0.3 is 4.74 Å². The summed E-state index contributed by atoms with van der Waals surface area (Å²) in [6.07, 6.45) is 4.50. The van der Waals surface area contributed by atoms with Crippen molar-refractivity contribution in [3.05, 3.63) is 69.8 Å². The predicted molar refractivity (Wildman–Crippen MR) is 93.6 cm³/mol. The van der Waals surface area contributed by atoms with E-state index in [1.165, 1.54) is 24.0 Å². The van der Waals surface area contributed by atoms with Crippen LogP contribution >= 0.6 is 0 Å². The average molecular weight is 322 g/mol. The number of ether oxygens (including phenoxy) is 1. The molecule has 0 aliphatic heterocycles. The monoisotopic (exact) mass is 322 g/mol. The number of hydrogen-bond donors (Lipinski definition) is 0. The lowest BCUT2D eigenvalue weighted by atomic mass is 9.90. The van der Waals surface area contributed by atoms with Crippen molar-refractivity contribution in [3.8, 4) is 0 Å². The summed E-state index contributed by atoms with van der Waals surface area (Å²) in [5, 5.41) is 0. The molecule has 0 aromatic heterocycles. The van der Waals surface area contributed by atoms with E-state index in [1.807, 2.05) is 44.2 Å². The number of rotatable bonds is 4.